The highest BCUT2D eigenvalue weighted by molar-refractivity contribution is 7.87. The Morgan fingerprint density at radius 3 is 2.00 bits per heavy atom. The van der Waals surface area contributed by atoms with E-state index in [0.717, 1.165) is 12.1 Å². The Labute approximate surface area is 108 Å². The summed E-state index contributed by atoms with van der Waals surface area (Å²) in [7, 11) is -4.16. The largest absolute Gasteiger partial charge is 0.492 e. The predicted octanol–water partition coefficient (Wildman–Crippen LogP) is 1.37. The van der Waals surface area contributed by atoms with Crippen LogP contribution in [0, 0.1) is 0 Å². The molecule has 0 saturated carbocycles. The summed E-state index contributed by atoms with van der Waals surface area (Å²) in [5.74, 6) is -1.07. The van der Waals surface area contributed by atoms with Crippen LogP contribution in [0.5, 0.6) is 11.8 Å². The third kappa shape index (κ3) is 2.36. The van der Waals surface area contributed by atoms with Crippen LogP contribution in [0.2, 0.25) is 5.02 Å². The maximum Gasteiger partial charge on any atom is 0.357 e. The zero-order valence-electron chi connectivity index (χ0n) is 8.82. The first-order chi connectivity index (χ1) is 8.40. The first-order valence-corrected chi connectivity index (χ1v) is 6.49. The summed E-state index contributed by atoms with van der Waals surface area (Å²) in [5, 5.41) is 18.9. The second-order valence-corrected chi connectivity index (χ2v) is 5.29. The van der Waals surface area contributed by atoms with Crippen LogP contribution in [0.25, 0.3) is 0 Å². The molecule has 2 rings (SSSR count). The molecule has 0 aliphatic carbocycles. The molecule has 0 aliphatic heterocycles. The molecule has 2 aromatic rings. The lowest BCUT2D eigenvalue weighted by Gasteiger charge is -2.08. The number of hydrogen-bond acceptors (Lipinski definition) is 5. The second kappa shape index (κ2) is 4.43. The minimum absolute atomic E-state index is 0.153. The highest BCUT2D eigenvalue weighted by Crippen LogP contribution is 2.22. The van der Waals surface area contributed by atoms with Gasteiger partial charge in [0.05, 0.1) is 0 Å². The van der Waals surface area contributed by atoms with E-state index < -0.39 is 21.9 Å². The van der Waals surface area contributed by atoms with Gasteiger partial charge in [-0.3, -0.25) is 4.28 Å². The molecule has 0 unspecified atom stereocenters. The molecule has 6 nitrogen and oxygen atoms in total. The zero-order chi connectivity index (χ0) is 13.3. The molecule has 0 bridgehead atoms. The lowest BCUT2D eigenvalue weighted by Crippen LogP contribution is -2.19. The molecular weight excluding hydrogens is 282 g/mol. The summed E-state index contributed by atoms with van der Waals surface area (Å²) in [5.41, 5.74) is 0. The van der Waals surface area contributed by atoms with Crippen molar-refractivity contribution in [3.8, 4) is 11.8 Å². The van der Waals surface area contributed by atoms with Crippen molar-refractivity contribution in [2.45, 2.75) is 4.90 Å². The quantitative estimate of drug-likeness (QED) is 0.891. The minimum atomic E-state index is -4.16. The molecule has 2 N–H and O–H groups in total. The minimum Gasteiger partial charge on any atom is -0.492 e. The lowest BCUT2D eigenvalue weighted by molar-refractivity contribution is 0.203. The van der Waals surface area contributed by atoms with Gasteiger partial charge in [0.2, 0.25) is 11.8 Å². The van der Waals surface area contributed by atoms with E-state index in [1.807, 2.05) is 0 Å². The van der Waals surface area contributed by atoms with Gasteiger partial charge < -0.3 is 10.2 Å². The van der Waals surface area contributed by atoms with E-state index in [4.69, 9.17) is 11.6 Å². The predicted molar refractivity (Wildman–Crippen MR) is 63.0 cm³/mol. The Hall–Kier alpha value is -1.86. The second-order valence-electron chi connectivity index (χ2n) is 3.33. The normalized spacial score (nSPS) is 11.4. The molecule has 0 radical (unpaired) electrons. The molecule has 1 heterocycles. The summed E-state index contributed by atoms with van der Waals surface area (Å²) < 4.78 is 28.6. The van der Waals surface area contributed by atoms with Crippen molar-refractivity contribution in [1.29, 1.82) is 0 Å². The van der Waals surface area contributed by atoms with Gasteiger partial charge in [0.25, 0.3) is 0 Å². The first kappa shape index (κ1) is 12.6. The molecule has 1 aromatic heterocycles. The topological polar surface area (TPSA) is 88.8 Å². The third-order valence-electron chi connectivity index (χ3n) is 2.07. The van der Waals surface area contributed by atoms with E-state index in [1.54, 1.807) is 0 Å². The molecule has 0 spiro atoms. The number of hydrogen-bond donors (Lipinski definition) is 2. The summed E-state index contributed by atoms with van der Waals surface area (Å²) in [6.07, 6.45) is 0. The van der Waals surface area contributed by atoms with Gasteiger partial charge >= 0.3 is 10.1 Å². The highest BCUT2D eigenvalue weighted by Gasteiger charge is 2.20. The van der Waals surface area contributed by atoms with Crippen LogP contribution in [0.15, 0.2) is 41.3 Å². The fourth-order valence-corrected chi connectivity index (χ4v) is 2.25. The van der Waals surface area contributed by atoms with Crippen molar-refractivity contribution in [2.75, 3.05) is 0 Å². The number of benzene rings is 1. The number of aromatic hydroxyl groups is 2. The van der Waals surface area contributed by atoms with E-state index in [1.165, 1.54) is 24.3 Å². The van der Waals surface area contributed by atoms with E-state index in [9.17, 15) is 18.6 Å². The van der Waals surface area contributed by atoms with Crippen LogP contribution >= 0.6 is 11.6 Å². The van der Waals surface area contributed by atoms with Crippen LogP contribution in [-0.4, -0.2) is 23.4 Å². The van der Waals surface area contributed by atoms with Crippen LogP contribution in [-0.2, 0) is 10.1 Å². The van der Waals surface area contributed by atoms with Crippen molar-refractivity contribution in [3.63, 3.8) is 0 Å². The zero-order valence-corrected chi connectivity index (χ0v) is 10.4. The maximum absolute atomic E-state index is 11.8. The molecule has 0 amide bonds. The van der Waals surface area contributed by atoms with E-state index >= 15 is 0 Å². The Balaban J connectivity index is 2.36. The fraction of sp³-hybridized carbons (Fsp3) is 0. The standard InChI is InChI=1S/C10H8ClNO5S/c11-7-1-3-8(4-2-7)18(15,16)17-12-9(13)5-6-10(12)14/h1-6,13-14H. The molecule has 96 valence electrons. The van der Waals surface area contributed by atoms with Crippen LogP contribution in [0.3, 0.4) is 0 Å². The maximum atomic E-state index is 11.8. The molecule has 1 aromatic carbocycles. The monoisotopic (exact) mass is 289 g/mol. The van der Waals surface area contributed by atoms with Gasteiger partial charge in [0.15, 0.2) is 0 Å². The molecular formula is C10H8ClNO5S. The van der Waals surface area contributed by atoms with E-state index in [0.29, 0.717) is 9.75 Å². The molecule has 18 heavy (non-hydrogen) atoms. The van der Waals surface area contributed by atoms with Crippen molar-refractivity contribution in [2.24, 2.45) is 0 Å². The van der Waals surface area contributed by atoms with Crippen LogP contribution in [0.1, 0.15) is 0 Å². The number of halogens is 1. The van der Waals surface area contributed by atoms with Gasteiger partial charge in [-0.2, -0.15) is 8.42 Å². The molecule has 0 atom stereocenters. The third-order valence-corrected chi connectivity index (χ3v) is 3.52. The summed E-state index contributed by atoms with van der Waals surface area (Å²) in [6.45, 7) is 0. The molecule has 0 saturated heterocycles. The van der Waals surface area contributed by atoms with Crippen molar-refractivity contribution >= 4 is 21.7 Å². The smallest absolute Gasteiger partial charge is 0.357 e. The average molecular weight is 290 g/mol. The number of aromatic nitrogens is 1. The number of rotatable bonds is 3. The van der Waals surface area contributed by atoms with Crippen molar-refractivity contribution in [3.05, 3.63) is 41.4 Å². The van der Waals surface area contributed by atoms with Gasteiger partial charge in [-0.15, -0.1) is 0 Å². The molecule has 0 fully saturated rings. The first-order valence-electron chi connectivity index (χ1n) is 4.70. The van der Waals surface area contributed by atoms with Crippen LogP contribution < -0.4 is 4.28 Å². The average Bonchev–Trinajstić information content (AvgIpc) is 2.61. The molecule has 8 heteroatoms. The van der Waals surface area contributed by atoms with Gasteiger partial charge in [-0.1, -0.05) is 16.3 Å². The number of nitrogens with zero attached hydrogens (tertiary/aromatic N) is 1. The van der Waals surface area contributed by atoms with Crippen LogP contribution in [0.4, 0.5) is 0 Å². The van der Waals surface area contributed by atoms with Gasteiger partial charge in [0, 0.05) is 17.2 Å². The van der Waals surface area contributed by atoms with Crippen molar-refractivity contribution < 1.29 is 22.9 Å². The highest BCUT2D eigenvalue weighted by atomic mass is 35.5. The summed E-state index contributed by atoms with van der Waals surface area (Å²) in [6, 6.07) is 7.43. The Morgan fingerprint density at radius 1 is 1.00 bits per heavy atom. The van der Waals surface area contributed by atoms with Gasteiger partial charge in [-0.05, 0) is 24.3 Å². The lowest BCUT2D eigenvalue weighted by atomic mass is 10.4. The van der Waals surface area contributed by atoms with Crippen molar-refractivity contribution in [1.82, 2.24) is 4.73 Å². The van der Waals surface area contributed by atoms with E-state index in [-0.39, 0.29) is 4.90 Å². The van der Waals surface area contributed by atoms with Gasteiger partial charge in [-0.25, -0.2) is 0 Å². The fourth-order valence-electron chi connectivity index (χ4n) is 1.22. The SMILES string of the molecule is O=S(=O)(On1c(O)ccc1O)c1ccc(Cl)cc1. The van der Waals surface area contributed by atoms with Gasteiger partial charge in [0.1, 0.15) is 4.90 Å². The van der Waals surface area contributed by atoms with E-state index in [2.05, 4.69) is 4.28 Å². The molecule has 0 aliphatic rings. The Morgan fingerprint density at radius 2 is 1.50 bits per heavy atom. The Kier molecular flexibility index (Phi) is 3.10. The summed E-state index contributed by atoms with van der Waals surface area (Å²) >= 11 is 5.63. The Bertz CT molecular complexity index is 643. The summed E-state index contributed by atoms with van der Waals surface area (Å²) in [4.78, 5) is -0.153.